The summed E-state index contributed by atoms with van der Waals surface area (Å²) in [5.74, 6) is -2.30. The topological polar surface area (TPSA) is 133 Å². The number of hydrogen-bond donors (Lipinski definition) is 0. The fourth-order valence-corrected chi connectivity index (χ4v) is 6.05. The van der Waals surface area contributed by atoms with Crippen LogP contribution >= 0.6 is 0 Å². The van der Waals surface area contributed by atoms with Crippen LogP contribution in [0.1, 0.15) is 65.1 Å². The maximum absolute atomic E-state index is 14.1. The Kier molecular flexibility index (Phi) is 10.9. The largest absolute Gasteiger partial charge is 0.497 e. The van der Waals surface area contributed by atoms with Crippen molar-refractivity contribution >= 4 is 40.7 Å². The van der Waals surface area contributed by atoms with Gasteiger partial charge >= 0.3 is 23.9 Å². The Hall–Kier alpha value is -6.62. The van der Waals surface area contributed by atoms with Crippen LogP contribution in [0.2, 0.25) is 0 Å². The van der Waals surface area contributed by atoms with Gasteiger partial charge in [-0.3, -0.25) is 9.59 Å². The van der Waals surface area contributed by atoms with Crippen molar-refractivity contribution in [1.82, 2.24) is 0 Å². The number of esters is 4. The lowest BCUT2D eigenvalue weighted by atomic mass is 9.82. The first kappa shape index (κ1) is 38.1. The summed E-state index contributed by atoms with van der Waals surface area (Å²) in [5, 5.41) is 0.910. The van der Waals surface area contributed by atoms with Gasteiger partial charge in [0, 0.05) is 33.5 Å². The van der Waals surface area contributed by atoms with E-state index in [1.807, 2.05) is 54.6 Å². The molecule has 11 nitrogen and oxygen atoms in total. The number of hydrogen-bond acceptors (Lipinski definition) is 11. The van der Waals surface area contributed by atoms with Crippen molar-refractivity contribution < 1.29 is 52.3 Å². The molecule has 282 valence electrons. The molecule has 0 N–H and O–H groups in total. The molecule has 1 heterocycles. The van der Waals surface area contributed by atoms with Gasteiger partial charge in [-0.2, -0.15) is 0 Å². The van der Waals surface area contributed by atoms with Crippen LogP contribution in [0.5, 0.6) is 34.5 Å². The fourth-order valence-electron chi connectivity index (χ4n) is 6.05. The number of methoxy groups -OCH3 is 3. The maximum atomic E-state index is 14.1. The summed E-state index contributed by atoms with van der Waals surface area (Å²) in [6.07, 6.45) is 3.58. The predicted molar refractivity (Wildman–Crippen MR) is 204 cm³/mol. The first-order valence-corrected chi connectivity index (χ1v) is 17.5. The van der Waals surface area contributed by atoms with Crippen LogP contribution in [-0.4, -0.2) is 45.2 Å². The summed E-state index contributed by atoms with van der Waals surface area (Å²) < 4.78 is 40.2. The first-order valence-electron chi connectivity index (χ1n) is 17.5. The summed E-state index contributed by atoms with van der Waals surface area (Å²) in [7, 11) is 4.40. The van der Waals surface area contributed by atoms with E-state index >= 15 is 0 Å². The van der Waals surface area contributed by atoms with Gasteiger partial charge in [0.15, 0.2) is 11.4 Å². The zero-order chi connectivity index (χ0) is 39.4. The zero-order valence-electron chi connectivity index (χ0n) is 31.5. The number of rotatable bonds is 11. The van der Waals surface area contributed by atoms with Gasteiger partial charge in [0.25, 0.3) is 0 Å². The highest BCUT2D eigenvalue weighted by molar-refractivity contribution is 6.10. The lowest BCUT2D eigenvalue weighted by molar-refractivity contribution is -0.138. The number of carbonyl (C=O) groups is 4. The van der Waals surface area contributed by atoms with E-state index in [1.54, 1.807) is 72.3 Å². The SMILES string of the molecule is COC(=O)c1c2c(c3ccccc3c1OC(=O)c1cc(OC(=O)C(C)C)cc(OC(=O)C(C)C)c1)OC(c1ccc(OC)cc1)(c1ccc(OC)cc1)C=C2. The van der Waals surface area contributed by atoms with Crippen molar-refractivity contribution in [3.05, 3.63) is 125 Å². The minimum atomic E-state index is -1.18. The van der Waals surface area contributed by atoms with Crippen molar-refractivity contribution in [1.29, 1.82) is 0 Å². The molecule has 0 saturated heterocycles. The van der Waals surface area contributed by atoms with E-state index in [2.05, 4.69) is 0 Å². The molecule has 5 aromatic rings. The quantitative estimate of drug-likeness (QED) is 0.0955. The van der Waals surface area contributed by atoms with Gasteiger partial charge in [0.05, 0.1) is 38.7 Å². The number of ether oxygens (including phenoxy) is 7. The van der Waals surface area contributed by atoms with E-state index in [-0.39, 0.29) is 28.4 Å². The molecule has 0 saturated carbocycles. The average Bonchev–Trinajstić information content (AvgIpc) is 3.20. The molecule has 0 aliphatic carbocycles. The lowest BCUT2D eigenvalue weighted by Crippen LogP contribution is -2.34. The normalized spacial score (nSPS) is 12.7. The van der Waals surface area contributed by atoms with Gasteiger partial charge in [-0.15, -0.1) is 0 Å². The van der Waals surface area contributed by atoms with Crippen LogP contribution < -0.4 is 28.4 Å². The zero-order valence-corrected chi connectivity index (χ0v) is 31.5. The fraction of sp³-hybridized carbons (Fsp3) is 0.227. The van der Waals surface area contributed by atoms with Crippen LogP contribution in [0.15, 0.2) is 97.1 Å². The molecule has 5 aromatic carbocycles. The van der Waals surface area contributed by atoms with Gasteiger partial charge < -0.3 is 33.2 Å². The van der Waals surface area contributed by atoms with E-state index in [0.717, 1.165) is 11.1 Å². The second-order valence-electron chi connectivity index (χ2n) is 13.3. The molecule has 6 rings (SSSR count). The Morgan fingerprint density at radius 3 is 1.58 bits per heavy atom. The first-order chi connectivity index (χ1) is 26.4. The van der Waals surface area contributed by atoms with Gasteiger partial charge in [-0.05, 0) is 48.6 Å². The summed E-state index contributed by atoms with van der Waals surface area (Å²) in [6, 6.07) is 25.9. The predicted octanol–water partition coefficient (Wildman–Crippen LogP) is 8.34. The highest BCUT2D eigenvalue weighted by Gasteiger charge is 2.40. The molecule has 0 bridgehead atoms. The molecular formula is C44H40O11. The summed E-state index contributed by atoms with van der Waals surface area (Å²) in [4.78, 5) is 52.9. The molecule has 0 spiro atoms. The van der Waals surface area contributed by atoms with E-state index in [0.29, 0.717) is 33.6 Å². The summed E-state index contributed by atoms with van der Waals surface area (Å²) in [6.45, 7) is 6.63. The van der Waals surface area contributed by atoms with Crippen molar-refractivity contribution in [2.45, 2.75) is 33.3 Å². The molecule has 0 aromatic heterocycles. The lowest BCUT2D eigenvalue weighted by Gasteiger charge is -2.37. The Bertz CT molecular complexity index is 2210. The van der Waals surface area contributed by atoms with Crippen LogP contribution in [0.25, 0.3) is 16.8 Å². The van der Waals surface area contributed by atoms with E-state index in [9.17, 15) is 19.2 Å². The third-order valence-electron chi connectivity index (χ3n) is 9.02. The van der Waals surface area contributed by atoms with Crippen molar-refractivity contribution in [3.63, 3.8) is 0 Å². The Morgan fingerprint density at radius 1 is 0.600 bits per heavy atom. The number of benzene rings is 5. The molecule has 0 radical (unpaired) electrons. The van der Waals surface area contributed by atoms with Crippen LogP contribution in [0, 0.1) is 11.8 Å². The van der Waals surface area contributed by atoms with E-state index in [1.165, 1.54) is 25.3 Å². The smallest absolute Gasteiger partial charge is 0.343 e. The maximum Gasteiger partial charge on any atom is 0.343 e. The molecule has 1 aliphatic rings. The molecule has 0 atom stereocenters. The second kappa shape index (κ2) is 15.8. The van der Waals surface area contributed by atoms with Crippen LogP contribution in [0.4, 0.5) is 0 Å². The third kappa shape index (κ3) is 7.59. The second-order valence-corrected chi connectivity index (χ2v) is 13.3. The molecule has 0 amide bonds. The van der Waals surface area contributed by atoms with Gasteiger partial charge in [-0.1, -0.05) is 76.2 Å². The highest BCUT2D eigenvalue weighted by atomic mass is 16.6. The summed E-state index contributed by atoms with van der Waals surface area (Å²) >= 11 is 0. The molecule has 11 heteroatoms. The molecule has 55 heavy (non-hydrogen) atoms. The Morgan fingerprint density at radius 2 is 1.11 bits per heavy atom. The number of carbonyl (C=O) groups excluding carboxylic acids is 4. The van der Waals surface area contributed by atoms with Crippen LogP contribution in [-0.2, 0) is 19.9 Å². The summed E-state index contributed by atoms with van der Waals surface area (Å²) in [5.41, 5.74) is 0.503. The minimum Gasteiger partial charge on any atom is -0.497 e. The van der Waals surface area contributed by atoms with Gasteiger partial charge in [0.2, 0.25) is 0 Å². The molecular weight excluding hydrogens is 704 g/mol. The number of fused-ring (bicyclic) bond motifs is 3. The van der Waals surface area contributed by atoms with E-state index in [4.69, 9.17) is 33.2 Å². The van der Waals surface area contributed by atoms with Crippen molar-refractivity contribution in [2.24, 2.45) is 11.8 Å². The van der Waals surface area contributed by atoms with Gasteiger partial charge in [-0.25, -0.2) is 9.59 Å². The molecule has 1 aliphatic heterocycles. The average molecular weight is 745 g/mol. The van der Waals surface area contributed by atoms with Gasteiger partial charge in [0.1, 0.15) is 34.3 Å². The standard InChI is InChI=1S/C44H40O11/c1-25(2)40(45)52-32-22-27(23-33(24-32)53-41(46)26(3)4)42(47)54-39-35-11-9-8-10-34(35)38-36(37(39)43(48)51-7)20-21-44(55-38,28-12-16-30(49-5)17-13-28)29-14-18-31(50-6)19-15-29/h8-26H,1-7H3. The minimum absolute atomic E-state index is 0.0343. The monoisotopic (exact) mass is 744 g/mol. The highest BCUT2D eigenvalue weighted by Crippen LogP contribution is 2.50. The molecule has 0 unspecified atom stereocenters. The Balaban J connectivity index is 1.51. The molecule has 0 fully saturated rings. The van der Waals surface area contributed by atoms with Crippen LogP contribution in [0.3, 0.4) is 0 Å². The third-order valence-corrected chi connectivity index (χ3v) is 9.02. The van der Waals surface area contributed by atoms with Crippen molar-refractivity contribution in [2.75, 3.05) is 21.3 Å². The van der Waals surface area contributed by atoms with E-state index < -0.39 is 41.3 Å². The Labute approximate surface area is 318 Å². The van der Waals surface area contributed by atoms with Crippen molar-refractivity contribution in [3.8, 4) is 34.5 Å².